The molecular weight excluding hydrogens is 330 g/mol. The van der Waals surface area contributed by atoms with Crippen molar-refractivity contribution in [3.63, 3.8) is 0 Å². The van der Waals surface area contributed by atoms with E-state index in [9.17, 15) is 14.4 Å². The largest absolute Gasteiger partial charge is 0.448 e. The van der Waals surface area contributed by atoms with Gasteiger partial charge in [0.15, 0.2) is 0 Å². The molecule has 1 fully saturated rings. The van der Waals surface area contributed by atoms with Gasteiger partial charge in [-0.3, -0.25) is 19.0 Å². The van der Waals surface area contributed by atoms with E-state index in [2.05, 4.69) is 10.3 Å². The molecule has 122 valence electrons. The van der Waals surface area contributed by atoms with E-state index in [1.54, 1.807) is 6.07 Å². The quantitative estimate of drug-likeness (QED) is 0.770. The third kappa shape index (κ3) is 2.48. The standard InChI is InChI=1S/C16H13N3O4S/c20-12(18-10-5-6-24-16(10)22)7-19-8-17-13-9-3-1-2-4-11(9)23-14(13)15(19)21/h1-4,8,10H,5-7H2,(H,18,20). The Labute approximate surface area is 140 Å². The Bertz CT molecular complexity index is 1020. The predicted molar refractivity (Wildman–Crippen MR) is 89.8 cm³/mol. The van der Waals surface area contributed by atoms with E-state index < -0.39 is 17.5 Å². The van der Waals surface area contributed by atoms with E-state index in [0.717, 1.165) is 5.39 Å². The Morgan fingerprint density at radius 2 is 2.21 bits per heavy atom. The Morgan fingerprint density at radius 1 is 1.38 bits per heavy atom. The van der Waals surface area contributed by atoms with Crippen LogP contribution in [0.3, 0.4) is 0 Å². The van der Waals surface area contributed by atoms with Crippen molar-refractivity contribution in [3.8, 4) is 0 Å². The molecule has 1 N–H and O–H groups in total. The number of fused-ring (bicyclic) bond motifs is 3. The minimum atomic E-state index is -0.471. The Morgan fingerprint density at radius 3 is 3.00 bits per heavy atom. The van der Waals surface area contributed by atoms with Crippen LogP contribution in [-0.2, 0) is 16.1 Å². The number of nitrogens with one attached hydrogen (secondary N) is 1. The van der Waals surface area contributed by atoms with Crippen molar-refractivity contribution < 1.29 is 14.0 Å². The monoisotopic (exact) mass is 343 g/mol. The number of benzene rings is 1. The summed E-state index contributed by atoms with van der Waals surface area (Å²) in [6, 6.07) is 6.77. The number of rotatable bonds is 3. The molecule has 1 aliphatic heterocycles. The third-order valence-corrected chi connectivity index (χ3v) is 4.94. The van der Waals surface area contributed by atoms with E-state index >= 15 is 0 Å². The fourth-order valence-corrected chi connectivity index (χ4v) is 3.68. The molecule has 7 nitrogen and oxygen atoms in total. The summed E-state index contributed by atoms with van der Waals surface area (Å²) in [6.07, 6.45) is 1.95. The van der Waals surface area contributed by atoms with Crippen molar-refractivity contribution in [2.24, 2.45) is 0 Å². The first-order valence-corrected chi connectivity index (χ1v) is 8.45. The zero-order valence-electron chi connectivity index (χ0n) is 12.5. The van der Waals surface area contributed by atoms with Gasteiger partial charge in [-0.25, -0.2) is 4.98 Å². The van der Waals surface area contributed by atoms with E-state index in [0.29, 0.717) is 23.3 Å². The van der Waals surface area contributed by atoms with Crippen LogP contribution in [0.4, 0.5) is 0 Å². The summed E-state index contributed by atoms with van der Waals surface area (Å²) >= 11 is 1.21. The number of carbonyl (C=O) groups is 2. The zero-order valence-corrected chi connectivity index (χ0v) is 13.3. The van der Waals surface area contributed by atoms with E-state index in [-0.39, 0.29) is 17.2 Å². The minimum absolute atomic E-state index is 0.0402. The average Bonchev–Trinajstić information content (AvgIpc) is 3.14. The van der Waals surface area contributed by atoms with Gasteiger partial charge in [0.25, 0.3) is 5.56 Å². The highest BCUT2D eigenvalue weighted by Crippen LogP contribution is 2.24. The van der Waals surface area contributed by atoms with E-state index in [4.69, 9.17) is 4.42 Å². The number of hydrogen-bond acceptors (Lipinski definition) is 6. The maximum Gasteiger partial charge on any atom is 0.297 e. The summed E-state index contributed by atoms with van der Waals surface area (Å²) in [5.74, 6) is 0.311. The van der Waals surface area contributed by atoms with Crippen LogP contribution in [-0.4, -0.2) is 32.4 Å². The molecule has 0 aliphatic carbocycles. The van der Waals surface area contributed by atoms with Gasteiger partial charge in [-0.15, -0.1) is 0 Å². The second-order valence-corrected chi connectivity index (χ2v) is 6.63. The molecule has 2 aromatic heterocycles. The highest BCUT2D eigenvalue weighted by atomic mass is 32.2. The number of para-hydroxylation sites is 1. The van der Waals surface area contributed by atoms with Gasteiger partial charge in [-0.05, 0) is 18.6 Å². The fourth-order valence-electron chi connectivity index (χ4n) is 2.75. The van der Waals surface area contributed by atoms with Crippen LogP contribution >= 0.6 is 11.8 Å². The lowest BCUT2D eigenvalue weighted by Gasteiger charge is -2.10. The lowest BCUT2D eigenvalue weighted by molar-refractivity contribution is -0.125. The summed E-state index contributed by atoms with van der Waals surface area (Å²) in [6.45, 7) is -0.201. The summed E-state index contributed by atoms with van der Waals surface area (Å²) in [5, 5.41) is 3.37. The molecule has 8 heteroatoms. The molecule has 3 aromatic rings. The predicted octanol–water partition coefficient (Wildman–Crippen LogP) is 1.29. The first-order valence-electron chi connectivity index (χ1n) is 7.46. The van der Waals surface area contributed by atoms with Gasteiger partial charge in [0.05, 0.1) is 12.4 Å². The van der Waals surface area contributed by atoms with Crippen LogP contribution in [0, 0.1) is 0 Å². The van der Waals surface area contributed by atoms with Crippen molar-refractivity contribution in [2.45, 2.75) is 19.0 Å². The van der Waals surface area contributed by atoms with Gasteiger partial charge < -0.3 is 9.73 Å². The van der Waals surface area contributed by atoms with Crippen LogP contribution in [0.1, 0.15) is 6.42 Å². The first kappa shape index (κ1) is 14.9. The average molecular weight is 343 g/mol. The molecule has 0 spiro atoms. The summed E-state index contributed by atoms with van der Waals surface area (Å²) in [4.78, 5) is 40.4. The fraction of sp³-hybridized carbons (Fsp3) is 0.250. The van der Waals surface area contributed by atoms with E-state index in [1.165, 1.54) is 22.7 Å². The number of aromatic nitrogens is 2. The van der Waals surface area contributed by atoms with Crippen LogP contribution < -0.4 is 10.9 Å². The molecule has 1 atom stereocenters. The van der Waals surface area contributed by atoms with Crippen LogP contribution in [0.15, 0.2) is 39.8 Å². The SMILES string of the molecule is O=C(Cn1cnc2c(oc3ccccc32)c1=O)NC1CCSC1=O. The van der Waals surface area contributed by atoms with Gasteiger partial charge in [0, 0.05) is 11.1 Å². The van der Waals surface area contributed by atoms with Crippen molar-refractivity contribution in [1.29, 1.82) is 0 Å². The van der Waals surface area contributed by atoms with Crippen LogP contribution in [0.2, 0.25) is 0 Å². The summed E-state index contributed by atoms with van der Waals surface area (Å²) < 4.78 is 6.76. The topological polar surface area (TPSA) is 94.2 Å². The number of thioether (sulfide) groups is 1. The molecule has 24 heavy (non-hydrogen) atoms. The van der Waals surface area contributed by atoms with Crippen LogP contribution in [0.5, 0.6) is 0 Å². The zero-order chi connectivity index (χ0) is 16.7. The summed E-state index contributed by atoms with van der Waals surface area (Å²) in [7, 11) is 0. The molecule has 1 saturated heterocycles. The van der Waals surface area contributed by atoms with Gasteiger partial charge in [0.1, 0.15) is 17.6 Å². The van der Waals surface area contributed by atoms with Gasteiger partial charge in [-0.2, -0.15) is 0 Å². The molecule has 3 heterocycles. The molecule has 0 bridgehead atoms. The van der Waals surface area contributed by atoms with Crippen molar-refractivity contribution in [3.05, 3.63) is 40.9 Å². The van der Waals surface area contributed by atoms with Crippen molar-refractivity contribution in [1.82, 2.24) is 14.9 Å². The lowest BCUT2D eigenvalue weighted by atomic mass is 10.2. The van der Waals surface area contributed by atoms with Gasteiger partial charge in [0.2, 0.25) is 16.6 Å². The molecule has 1 amide bonds. The lowest BCUT2D eigenvalue weighted by Crippen LogP contribution is -2.40. The van der Waals surface area contributed by atoms with Gasteiger partial charge in [-0.1, -0.05) is 23.9 Å². The second-order valence-electron chi connectivity index (χ2n) is 5.53. The normalized spacial score (nSPS) is 17.7. The maximum absolute atomic E-state index is 12.5. The smallest absolute Gasteiger partial charge is 0.297 e. The number of amides is 1. The van der Waals surface area contributed by atoms with Crippen LogP contribution in [0.25, 0.3) is 22.1 Å². The first-order chi connectivity index (χ1) is 11.6. The molecule has 1 unspecified atom stereocenters. The Balaban J connectivity index is 1.63. The maximum atomic E-state index is 12.5. The molecule has 1 aromatic carbocycles. The second kappa shape index (κ2) is 5.79. The van der Waals surface area contributed by atoms with Crippen molar-refractivity contribution >= 4 is 44.9 Å². The Kier molecular flexibility index (Phi) is 3.61. The molecule has 4 rings (SSSR count). The Hall–Kier alpha value is -2.61. The molecule has 1 aliphatic rings. The molecular formula is C16H13N3O4S. The van der Waals surface area contributed by atoms with Crippen molar-refractivity contribution in [2.75, 3.05) is 5.75 Å². The summed E-state index contributed by atoms with van der Waals surface area (Å²) in [5.41, 5.74) is 0.764. The van der Waals surface area contributed by atoms with Gasteiger partial charge >= 0.3 is 0 Å². The molecule has 0 radical (unpaired) electrons. The number of carbonyl (C=O) groups excluding carboxylic acids is 2. The highest BCUT2D eigenvalue weighted by molar-refractivity contribution is 8.14. The molecule has 0 saturated carbocycles. The minimum Gasteiger partial charge on any atom is -0.448 e. The number of furan rings is 1. The van der Waals surface area contributed by atoms with E-state index in [1.807, 2.05) is 18.2 Å². The third-order valence-electron chi connectivity index (χ3n) is 3.94. The number of nitrogens with zero attached hydrogens (tertiary/aromatic N) is 2. The highest BCUT2D eigenvalue weighted by Gasteiger charge is 2.27. The number of hydrogen-bond donors (Lipinski definition) is 1.